The molecular weight excluding hydrogens is 269 g/mol. The van der Waals surface area contributed by atoms with Crippen LogP contribution in [0, 0.1) is 0 Å². The fraction of sp³-hybridized carbons (Fsp3) is 0.231. The lowest BCUT2D eigenvalue weighted by Gasteiger charge is -2.09. The molecule has 0 aliphatic heterocycles. The van der Waals surface area contributed by atoms with Gasteiger partial charge < -0.3 is 11.1 Å². The molecule has 106 valence electrons. The van der Waals surface area contributed by atoms with Crippen LogP contribution in [0.15, 0.2) is 36.5 Å². The summed E-state index contributed by atoms with van der Waals surface area (Å²) in [4.78, 5) is 8.13. The summed E-state index contributed by atoms with van der Waals surface area (Å²) in [5.41, 5.74) is 5.46. The number of nitrogens with one attached hydrogen (secondary N) is 1. The highest BCUT2D eigenvalue weighted by Crippen LogP contribution is 2.31. The quantitative estimate of drug-likeness (QED) is 0.904. The molecule has 0 saturated carbocycles. The molecule has 1 aromatic heterocycles. The second-order valence-electron chi connectivity index (χ2n) is 4.06. The Morgan fingerprint density at radius 1 is 1.20 bits per heavy atom. The molecule has 2 aromatic rings. The minimum atomic E-state index is -4.37. The number of anilines is 1. The van der Waals surface area contributed by atoms with Gasteiger partial charge in [-0.2, -0.15) is 13.2 Å². The Hall–Kier alpha value is -2.15. The highest BCUT2D eigenvalue weighted by atomic mass is 19.4. The number of rotatable bonds is 4. The summed E-state index contributed by atoms with van der Waals surface area (Å²) in [5, 5.41) is 2.88. The third kappa shape index (κ3) is 3.45. The van der Waals surface area contributed by atoms with E-state index in [-0.39, 0.29) is 0 Å². The zero-order chi connectivity index (χ0) is 14.6. The summed E-state index contributed by atoms with van der Waals surface area (Å²) in [7, 11) is 0. The molecule has 0 atom stereocenters. The molecule has 7 heteroatoms. The number of nitrogens with zero attached hydrogens (tertiary/aromatic N) is 2. The van der Waals surface area contributed by atoms with Crippen LogP contribution >= 0.6 is 0 Å². The van der Waals surface area contributed by atoms with E-state index in [9.17, 15) is 13.2 Å². The van der Waals surface area contributed by atoms with Gasteiger partial charge in [0.25, 0.3) is 0 Å². The van der Waals surface area contributed by atoms with Gasteiger partial charge in [-0.1, -0.05) is 12.1 Å². The number of hydrogen-bond donors (Lipinski definition) is 2. The van der Waals surface area contributed by atoms with Gasteiger partial charge in [0, 0.05) is 24.8 Å². The Kier molecular flexibility index (Phi) is 4.19. The maximum absolute atomic E-state index is 12.7. The Morgan fingerprint density at radius 3 is 2.70 bits per heavy atom. The van der Waals surface area contributed by atoms with Crippen molar-refractivity contribution < 1.29 is 13.2 Å². The third-order valence-electron chi connectivity index (χ3n) is 2.57. The molecule has 0 amide bonds. The molecule has 0 aliphatic carbocycles. The molecule has 0 radical (unpaired) electrons. The Labute approximate surface area is 113 Å². The van der Waals surface area contributed by atoms with Crippen molar-refractivity contribution in [1.82, 2.24) is 9.97 Å². The van der Waals surface area contributed by atoms with Gasteiger partial charge in [0.2, 0.25) is 5.95 Å². The fourth-order valence-electron chi connectivity index (χ4n) is 1.64. The molecule has 4 nitrogen and oxygen atoms in total. The first-order chi connectivity index (χ1) is 9.50. The molecule has 0 aliphatic rings. The van der Waals surface area contributed by atoms with Crippen molar-refractivity contribution in [2.24, 2.45) is 5.73 Å². The molecule has 0 fully saturated rings. The second-order valence-corrected chi connectivity index (χ2v) is 4.06. The summed E-state index contributed by atoms with van der Waals surface area (Å²) in [5.74, 6) is 0.338. The maximum atomic E-state index is 12.7. The van der Waals surface area contributed by atoms with E-state index in [0.29, 0.717) is 30.3 Å². The van der Waals surface area contributed by atoms with Crippen LogP contribution in [0.1, 0.15) is 5.56 Å². The topological polar surface area (TPSA) is 63.8 Å². The van der Waals surface area contributed by atoms with Gasteiger partial charge in [-0.25, -0.2) is 9.97 Å². The lowest BCUT2D eigenvalue weighted by atomic mass is 10.1. The largest absolute Gasteiger partial charge is 0.416 e. The standard InChI is InChI=1S/C13H13F3N4/c14-13(15,16)10-3-1-2-9(8-10)11-4-6-18-12(20-11)19-7-5-17/h1-4,6,8H,5,7,17H2,(H,18,19,20). The van der Waals surface area contributed by atoms with Gasteiger partial charge in [0.15, 0.2) is 0 Å². The van der Waals surface area contributed by atoms with Gasteiger partial charge in [-0.15, -0.1) is 0 Å². The summed E-state index contributed by atoms with van der Waals surface area (Å²) < 4.78 is 38.0. The number of hydrogen-bond acceptors (Lipinski definition) is 4. The first-order valence-electron chi connectivity index (χ1n) is 5.95. The molecule has 0 saturated heterocycles. The van der Waals surface area contributed by atoms with Crippen molar-refractivity contribution in [1.29, 1.82) is 0 Å². The van der Waals surface area contributed by atoms with E-state index >= 15 is 0 Å². The molecule has 0 unspecified atom stereocenters. The van der Waals surface area contributed by atoms with Crippen molar-refractivity contribution in [3.63, 3.8) is 0 Å². The average Bonchev–Trinajstić information content (AvgIpc) is 2.45. The second kappa shape index (κ2) is 5.87. The van der Waals surface area contributed by atoms with Crippen LogP contribution in [-0.2, 0) is 6.18 Å². The molecule has 0 bridgehead atoms. The predicted octanol–water partition coefficient (Wildman–Crippen LogP) is 2.53. The number of nitrogens with two attached hydrogens (primary N) is 1. The van der Waals surface area contributed by atoms with Crippen LogP contribution in [-0.4, -0.2) is 23.1 Å². The van der Waals surface area contributed by atoms with Crippen LogP contribution in [0.3, 0.4) is 0 Å². The molecule has 3 N–H and O–H groups in total. The van der Waals surface area contributed by atoms with Crippen LogP contribution < -0.4 is 11.1 Å². The van der Waals surface area contributed by atoms with Crippen molar-refractivity contribution in [3.05, 3.63) is 42.1 Å². The van der Waals surface area contributed by atoms with Crippen LogP contribution in [0.4, 0.5) is 19.1 Å². The Bertz CT molecular complexity index is 584. The van der Waals surface area contributed by atoms with E-state index < -0.39 is 11.7 Å². The number of benzene rings is 1. The van der Waals surface area contributed by atoms with Gasteiger partial charge >= 0.3 is 6.18 Å². The first kappa shape index (κ1) is 14.3. The summed E-state index contributed by atoms with van der Waals surface area (Å²) in [6.07, 6.45) is -2.88. The molecular formula is C13H13F3N4. The van der Waals surface area contributed by atoms with Crippen LogP contribution in [0.5, 0.6) is 0 Å². The van der Waals surface area contributed by atoms with Gasteiger partial charge in [0.05, 0.1) is 11.3 Å². The lowest BCUT2D eigenvalue weighted by Crippen LogP contribution is -2.14. The van der Waals surface area contributed by atoms with E-state index in [4.69, 9.17) is 5.73 Å². The van der Waals surface area contributed by atoms with Crippen molar-refractivity contribution in [3.8, 4) is 11.3 Å². The van der Waals surface area contributed by atoms with E-state index in [0.717, 1.165) is 12.1 Å². The normalized spacial score (nSPS) is 11.4. The average molecular weight is 282 g/mol. The molecule has 2 rings (SSSR count). The monoisotopic (exact) mass is 282 g/mol. The van der Waals surface area contributed by atoms with Gasteiger partial charge in [-0.05, 0) is 18.2 Å². The summed E-state index contributed by atoms with van der Waals surface area (Å²) in [6, 6.07) is 6.58. The lowest BCUT2D eigenvalue weighted by molar-refractivity contribution is -0.137. The minimum Gasteiger partial charge on any atom is -0.353 e. The molecule has 1 aromatic carbocycles. The Balaban J connectivity index is 2.32. The highest BCUT2D eigenvalue weighted by molar-refractivity contribution is 5.61. The third-order valence-corrected chi connectivity index (χ3v) is 2.57. The van der Waals surface area contributed by atoms with Crippen molar-refractivity contribution in [2.75, 3.05) is 18.4 Å². The smallest absolute Gasteiger partial charge is 0.353 e. The van der Waals surface area contributed by atoms with Crippen LogP contribution in [0.25, 0.3) is 11.3 Å². The maximum Gasteiger partial charge on any atom is 0.416 e. The van der Waals surface area contributed by atoms with E-state index in [2.05, 4.69) is 15.3 Å². The molecule has 1 heterocycles. The van der Waals surface area contributed by atoms with Crippen molar-refractivity contribution in [2.45, 2.75) is 6.18 Å². The minimum absolute atomic E-state index is 0.338. The fourth-order valence-corrected chi connectivity index (χ4v) is 1.64. The van der Waals surface area contributed by atoms with E-state index in [1.807, 2.05) is 0 Å². The highest BCUT2D eigenvalue weighted by Gasteiger charge is 2.30. The van der Waals surface area contributed by atoms with Crippen LogP contribution in [0.2, 0.25) is 0 Å². The van der Waals surface area contributed by atoms with E-state index in [1.165, 1.54) is 12.3 Å². The Morgan fingerprint density at radius 2 is 2.00 bits per heavy atom. The summed E-state index contributed by atoms with van der Waals surface area (Å²) in [6.45, 7) is 0.906. The number of halogens is 3. The van der Waals surface area contributed by atoms with E-state index in [1.54, 1.807) is 12.1 Å². The number of alkyl halides is 3. The van der Waals surface area contributed by atoms with Crippen molar-refractivity contribution >= 4 is 5.95 Å². The summed E-state index contributed by atoms with van der Waals surface area (Å²) >= 11 is 0. The molecule has 0 spiro atoms. The SMILES string of the molecule is NCCNc1nccc(-c2cccc(C(F)(F)F)c2)n1. The molecule has 20 heavy (non-hydrogen) atoms. The zero-order valence-electron chi connectivity index (χ0n) is 10.5. The van der Waals surface area contributed by atoms with Gasteiger partial charge in [0.1, 0.15) is 0 Å². The predicted molar refractivity (Wildman–Crippen MR) is 70.0 cm³/mol. The zero-order valence-corrected chi connectivity index (χ0v) is 10.5. The van der Waals surface area contributed by atoms with Gasteiger partial charge in [-0.3, -0.25) is 0 Å². The first-order valence-corrected chi connectivity index (χ1v) is 5.95. The number of aromatic nitrogens is 2.